The molecule has 2 bridgehead atoms. The number of rotatable bonds is 2. The Morgan fingerprint density at radius 1 is 1.62 bits per heavy atom. The maximum atomic E-state index is 11.4. The molecule has 0 aliphatic carbocycles. The van der Waals surface area contributed by atoms with Gasteiger partial charge in [0.25, 0.3) is 0 Å². The molecule has 2 heterocycles. The third-order valence-corrected chi connectivity index (χ3v) is 2.61. The van der Waals surface area contributed by atoms with Crippen LogP contribution in [0.3, 0.4) is 0 Å². The molecule has 13 heavy (non-hydrogen) atoms. The first kappa shape index (κ1) is 8.92. The average Bonchev–Trinajstić information content (AvgIpc) is 2.30. The van der Waals surface area contributed by atoms with E-state index in [2.05, 4.69) is 4.28 Å². The Kier molecular flexibility index (Phi) is 2.22. The predicted octanol–water partition coefficient (Wildman–Crippen LogP) is -0.388. The molecule has 2 saturated heterocycles. The van der Waals surface area contributed by atoms with Crippen LogP contribution in [-0.4, -0.2) is 43.9 Å². The number of hydrogen-bond donors (Lipinski definition) is 0. The highest BCUT2D eigenvalue weighted by Gasteiger charge is 2.41. The van der Waals surface area contributed by atoms with Crippen molar-refractivity contribution in [3.63, 3.8) is 0 Å². The summed E-state index contributed by atoms with van der Waals surface area (Å²) in [5, 5.41) is 0.954. The monoisotopic (exact) mass is 205 g/mol. The fourth-order valence-corrected chi connectivity index (χ4v) is 2.09. The summed E-state index contributed by atoms with van der Waals surface area (Å²) in [5.74, 6) is 0. The van der Waals surface area contributed by atoms with Gasteiger partial charge in [-0.2, -0.15) is 9.35 Å². The van der Waals surface area contributed by atoms with Gasteiger partial charge in [-0.25, -0.2) is 9.00 Å². The predicted molar refractivity (Wildman–Crippen MR) is 41.8 cm³/mol. The van der Waals surface area contributed by atoms with Gasteiger partial charge in [-0.3, -0.25) is 0 Å². The minimum atomic E-state index is -2.66. The molecule has 2 amide bonds. The van der Waals surface area contributed by atoms with Crippen LogP contribution in [0.1, 0.15) is 12.8 Å². The van der Waals surface area contributed by atoms with Crippen molar-refractivity contribution < 1.29 is 17.8 Å². The number of urea groups is 1. The van der Waals surface area contributed by atoms with E-state index in [1.54, 1.807) is 4.90 Å². The van der Waals surface area contributed by atoms with Crippen LogP contribution < -0.4 is 0 Å². The highest BCUT2D eigenvalue weighted by atomic mass is 32.2. The van der Waals surface area contributed by atoms with E-state index in [9.17, 15) is 13.6 Å². The van der Waals surface area contributed by atoms with Gasteiger partial charge >= 0.3 is 6.03 Å². The summed E-state index contributed by atoms with van der Waals surface area (Å²) in [6.07, 6.45) is 1.71. The Bertz CT molecular complexity index is 259. The minimum absolute atomic E-state index is 0.0980. The molecule has 2 atom stereocenters. The lowest BCUT2D eigenvalue weighted by Gasteiger charge is -2.21. The second kappa shape index (κ2) is 3.24. The Labute approximate surface area is 77.9 Å². The molecule has 74 valence electrons. The zero-order valence-corrected chi connectivity index (χ0v) is 7.66. The van der Waals surface area contributed by atoms with Crippen LogP contribution in [0, 0.1) is 0 Å². The number of carbonyl (C=O) groups is 1. The molecule has 0 radical (unpaired) electrons. The van der Waals surface area contributed by atoms with Crippen LogP contribution in [0.2, 0.25) is 0 Å². The van der Waals surface area contributed by atoms with Gasteiger partial charge in [0.15, 0.2) is 0 Å². The van der Waals surface area contributed by atoms with Crippen molar-refractivity contribution >= 4 is 17.4 Å². The third kappa shape index (κ3) is 1.54. The molecule has 0 N–H and O–H groups in total. The first-order valence-corrected chi connectivity index (χ1v) is 5.04. The number of fused-ring (bicyclic) bond motifs is 2. The molecule has 2 rings (SSSR count). The molecule has 0 saturated carbocycles. The lowest BCUT2D eigenvalue weighted by Crippen LogP contribution is -2.33. The molecule has 0 aromatic heterocycles. The van der Waals surface area contributed by atoms with E-state index in [0.29, 0.717) is 13.1 Å². The first-order chi connectivity index (χ1) is 6.18. The van der Waals surface area contributed by atoms with Crippen molar-refractivity contribution in [2.45, 2.75) is 18.9 Å². The summed E-state index contributed by atoms with van der Waals surface area (Å²) in [5.41, 5.74) is 0. The maximum absolute atomic E-state index is 11.4. The molecule has 2 fully saturated rings. The van der Waals surface area contributed by atoms with Gasteiger partial charge in [-0.05, 0) is 12.8 Å². The molecule has 2 aliphatic heterocycles. The molecular weight excluding hydrogens is 196 g/mol. The summed E-state index contributed by atoms with van der Waals surface area (Å²) in [6.45, 7) is 1.27. The van der Waals surface area contributed by atoms with Gasteiger partial charge in [-0.1, -0.05) is 0 Å². The Hall–Kier alpha value is -0.660. The number of carbonyl (C=O) groups excluding carboxylic acids is 1. The fraction of sp³-hybridized carbons (Fsp3) is 0.833. The van der Waals surface area contributed by atoms with Crippen molar-refractivity contribution in [1.29, 1.82) is 0 Å². The van der Waals surface area contributed by atoms with E-state index in [1.807, 2.05) is 0 Å². The summed E-state index contributed by atoms with van der Waals surface area (Å²) in [7, 11) is 0. The van der Waals surface area contributed by atoms with E-state index in [0.717, 1.165) is 17.9 Å². The van der Waals surface area contributed by atoms with Gasteiger partial charge in [0.05, 0.1) is 6.04 Å². The summed E-state index contributed by atoms with van der Waals surface area (Å²) in [4.78, 5) is 13.0. The van der Waals surface area contributed by atoms with Gasteiger partial charge in [0, 0.05) is 13.1 Å². The second-order valence-electron chi connectivity index (χ2n) is 3.13. The van der Waals surface area contributed by atoms with E-state index < -0.39 is 11.4 Å². The van der Waals surface area contributed by atoms with Crippen molar-refractivity contribution in [2.24, 2.45) is 0 Å². The van der Waals surface area contributed by atoms with Crippen LogP contribution >= 0.6 is 0 Å². The van der Waals surface area contributed by atoms with Crippen LogP contribution in [0.25, 0.3) is 0 Å². The number of amides is 2. The smallest absolute Gasteiger partial charge is 0.345 e. The van der Waals surface area contributed by atoms with Crippen LogP contribution in [0.5, 0.6) is 0 Å². The molecule has 2 aliphatic rings. The van der Waals surface area contributed by atoms with E-state index in [-0.39, 0.29) is 12.1 Å². The summed E-state index contributed by atoms with van der Waals surface area (Å²) in [6, 6.07) is -0.439. The molecular formula is C6H9N2O4S-. The first-order valence-electron chi connectivity index (χ1n) is 4.04. The lowest BCUT2D eigenvalue weighted by molar-refractivity contribution is -0.0237. The van der Waals surface area contributed by atoms with Crippen molar-refractivity contribution in [1.82, 2.24) is 9.96 Å². The highest BCUT2D eigenvalue weighted by molar-refractivity contribution is 7.74. The third-order valence-electron chi connectivity index (χ3n) is 2.33. The normalized spacial score (nSPS) is 29.6. The molecule has 7 heteroatoms. The maximum Gasteiger partial charge on any atom is 0.345 e. The zero-order chi connectivity index (χ0) is 9.42. The number of nitrogens with zero attached hydrogens (tertiary/aromatic N) is 2. The van der Waals surface area contributed by atoms with Crippen LogP contribution in [-0.2, 0) is 15.6 Å². The van der Waals surface area contributed by atoms with Gasteiger partial charge < -0.3 is 9.45 Å². The quantitative estimate of drug-likeness (QED) is 0.575. The van der Waals surface area contributed by atoms with Crippen molar-refractivity contribution in [3.05, 3.63) is 0 Å². The molecule has 6 nitrogen and oxygen atoms in total. The molecule has 2 unspecified atom stereocenters. The van der Waals surface area contributed by atoms with Gasteiger partial charge in [0.2, 0.25) is 0 Å². The number of hydroxylamine groups is 2. The van der Waals surface area contributed by atoms with E-state index >= 15 is 0 Å². The average molecular weight is 205 g/mol. The molecule has 0 aromatic rings. The van der Waals surface area contributed by atoms with Crippen molar-refractivity contribution in [2.75, 3.05) is 13.1 Å². The van der Waals surface area contributed by atoms with Crippen molar-refractivity contribution in [3.8, 4) is 0 Å². The molecule has 0 spiro atoms. The SMILES string of the molecule is O=C1N2CCCC(C2)N1OS(=O)[O-]. The number of piperidine rings is 1. The largest absolute Gasteiger partial charge is 0.748 e. The lowest BCUT2D eigenvalue weighted by atomic mass is 10.1. The Balaban J connectivity index is 2.10. The van der Waals surface area contributed by atoms with Gasteiger partial charge in [0.1, 0.15) is 11.4 Å². The van der Waals surface area contributed by atoms with E-state index in [1.165, 1.54) is 0 Å². The standard InChI is InChI=1S/C6H10N2O4S/c9-6-7-3-1-2-5(4-7)8(6)12-13(10)11/h5H,1-4H2,(H,10,11)/p-1. The Morgan fingerprint density at radius 3 is 3.00 bits per heavy atom. The second-order valence-corrected chi connectivity index (χ2v) is 3.69. The zero-order valence-electron chi connectivity index (χ0n) is 6.84. The van der Waals surface area contributed by atoms with Gasteiger partial charge in [-0.15, -0.1) is 0 Å². The topological polar surface area (TPSA) is 72.9 Å². The van der Waals surface area contributed by atoms with E-state index in [4.69, 9.17) is 0 Å². The Morgan fingerprint density at radius 2 is 2.38 bits per heavy atom. The minimum Gasteiger partial charge on any atom is -0.748 e. The fourth-order valence-electron chi connectivity index (χ4n) is 1.77. The summed E-state index contributed by atoms with van der Waals surface area (Å²) < 4.78 is 24.9. The number of hydrogen-bond acceptors (Lipinski definition) is 4. The van der Waals surface area contributed by atoms with Crippen LogP contribution in [0.15, 0.2) is 0 Å². The van der Waals surface area contributed by atoms with Crippen LogP contribution in [0.4, 0.5) is 4.79 Å². The molecule has 0 aromatic carbocycles. The summed E-state index contributed by atoms with van der Waals surface area (Å²) >= 11 is -2.66. The highest BCUT2D eigenvalue weighted by Crippen LogP contribution is 2.25.